The van der Waals surface area contributed by atoms with E-state index in [4.69, 9.17) is 9.47 Å². The lowest BCUT2D eigenvalue weighted by atomic mass is 10.1. The molecule has 2 aromatic heterocycles. The van der Waals surface area contributed by atoms with Gasteiger partial charge in [0.1, 0.15) is 23.0 Å². The zero-order chi connectivity index (χ0) is 37.9. The Balaban J connectivity index is 0.000000286. The van der Waals surface area contributed by atoms with E-state index >= 15 is 0 Å². The monoisotopic (exact) mass is 740 g/mol. The van der Waals surface area contributed by atoms with Crippen LogP contribution in [-0.2, 0) is 0 Å². The molecule has 0 aliphatic heterocycles. The Bertz CT molecular complexity index is 1470. The number of hydrogen-bond donors (Lipinski definition) is 0. The first-order chi connectivity index (χ1) is 25.9. The minimum Gasteiger partial charge on any atom is -0.492 e. The third kappa shape index (κ3) is 18.8. The summed E-state index contributed by atoms with van der Waals surface area (Å²) in [4.78, 5) is 8.76. The van der Waals surface area contributed by atoms with Gasteiger partial charge in [-0.05, 0) is 85.6 Å². The van der Waals surface area contributed by atoms with Crippen molar-refractivity contribution in [3.63, 3.8) is 0 Å². The molecule has 53 heavy (non-hydrogen) atoms. The Morgan fingerprint density at radius 1 is 0.415 bits per heavy atom. The summed E-state index contributed by atoms with van der Waals surface area (Å²) in [7, 11) is 0. The number of benzene rings is 2. The Kier molecular flexibility index (Phi) is 21.5. The number of alkyl halides is 4. The van der Waals surface area contributed by atoms with Crippen LogP contribution in [-0.4, -0.2) is 36.4 Å². The predicted octanol–water partition coefficient (Wildman–Crippen LogP) is 13.3. The van der Waals surface area contributed by atoms with Crippen LogP contribution in [0.25, 0.3) is 22.5 Å². The average Bonchev–Trinajstić information content (AvgIpc) is 3.16. The van der Waals surface area contributed by atoms with E-state index in [0.717, 1.165) is 46.9 Å². The molecule has 0 saturated carbocycles. The summed E-state index contributed by atoms with van der Waals surface area (Å²) in [6.45, 7) is 0.243. The van der Waals surface area contributed by atoms with Crippen molar-refractivity contribution in [1.82, 2.24) is 9.97 Å². The van der Waals surface area contributed by atoms with Crippen molar-refractivity contribution in [2.24, 2.45) is 0 Å². The minimum atomic E-state index is -2.81. The number of aromatic nitrogens is 2. The van der Waals surface area contributed by atoms with Gasteiger partial charge in [0.25, 0.3) is 0 Å². The molecule has 0 bridgehead atoms. The Labute approximate surface area is 313 Å². The second-order valence-electron chi connectivity index (χ2n) is 12.9. The molecule has 6 nitrogen and oxygen atoms in total. The van der Waals surface area contributed by atoms with Crippen LogP contribution in [0.3, 0.4) is 0 Å². The highest BCUT2D eigenvalue weighted by molar-refractivity contribution is 5.61. The van der Waals surface area contributed by atoms with Gasteiger partial charge in [0.2, 0.25) is 0 Å². The van der Waals surface area contributed by atoms with Crippen LogP contribution in [0.2, 0.25) is 0 Å². The highest BCUT2D eigenvalue weighted by Gasteiger charge is 2.07. The molecule has 10 heteroatoms. The summed E-state index contributed by atoms with van der Waals surface area (Å²) in [5.41, 5.74) is 3.20. The minimum absolute atomic E-state index is 0.137. The molecule has 0 fully saturated rings. The topological polar surface area (TPSA) is 62.7 Å². The van der Waals surface area contributed by atoms with Crippen LogP contribution < -0.4 is 18.9 Å². The van der Waals surface area contributed by atoms with Gasteiger partial charge in [0.15, 0.2) is 0 Å². The molecule has 4 rings (SSSR count). The summed E-state index contributed by atoms with van der Waals surface area (Å²) in [5.74, 6) is 1.77. The number of unbranched alkanes of at least 4 members (excludes halogenated alkanes) is 13. The van der Waals surface area contributed by atoms with Crippen LogP contribution in [0.1, 0.15) is 110 Å². The number of rotatable bonds is 25. The third-order valence-electron chi connectivity index (χ3n) is 8.51. The van der Waals surface area contributed by atoms with Gasteiger partial charge >= 0.3 is 13.2 Å². The van der Waals surface area contributed by atoms with Crippen LogP contribution in [0.4, 0.5) is 17.6 Å². The van der Waals surface area contributed by atoms with Gasteiger partial charge in [0, 0.05) is 11.1 Å². The zero-order valence-electron chi connectivity index (χ0n) is 31.3. The van der Waals surface area contributed by atoms with Gasteiger partial charge < -0.3 is 18.9 Å². The summed E-state index contributed by atoms with van der Waals surface area (Å²) >= 11 is 0. The van der Waals surface area contributed by atoms with Crippen LogP contribution in [0.15, 0.2) is 85.2 Å². The maximum atomic E-state index is 12.2. The van der Waals surface area contributed by atoms with E-state index in [0.29, 0.717) is 13.2 Å². The van der Waals surface area contributed by atoms with E-state index in [2.05, 4.69) is 33.3 Å². The van der Waals surface area contributed by atoms with Gasteiger partial charge in [0.05, 0.1) is 37.0 Å². The Morgan fingerprint density at radius 2 is 0.736 bits per heavy atom. The van der Waals surface area contributed by atoms with Crippen molar-refractivity contribution in [2.45, 2.75) is 123 Å². The lowest BCUT2D eigenvalue weighted by molar-refractivity contribution is -0.0505. The van der Waals surface area contributed by atoms with Gasteiger partial charge in [-0.3, -0.25) is 9.97 Å². The van der Waals surface area contributed by atoms with Gasteiger partial charge in [-0.15, -0.1) is 0 Å². The Hall–Kier alpha value is -4.34. The Morgan fingerprint density at radius 3 is 1.04 bits per heavy atom. The average molecular weight is 741 g/mol. The molecule has 2 aromatic carbocycles. The fourth-order valence-corrected chi connectivity index (χ4v) is 5.56. The van der Waals surface area contributed by atoms with Crippen molar-refractivity contribution < 1.29 is 36.5 Å². The first kappa shape index (κ1) is 43.1. The van der Waals surface area contributed by atoms with Gasteiger partial charge in [-0.25, -0.2) is 0 Å². The van der Waals surface area contributed by atoms with Crippen molar-refractivity contribution in [1.29, 1.82) is 0 Å². The van der Waals surface area contributed by atoms with E-state index < -0.39 is 13.2 Å². The molecule has 0 radical (unpaired) electrons. The predicted molar refractivity (Wildman–Crippen MR) is 204 cm³/mol. The molecule has 0 saturated heterocycles. The maximum absolute atomic E-state index is 12.2. The lowest BCUT2D eigenvalue weighted by Crippen LogP contribution is -2.01. The van der Waals surface area contributed by atoms with Crippen molar-refractivity contribution in [3.8, 4) is 45.5 Å². The molecule has 0 N–H and O–H groups in total. The molecular weight excluding hydrogens is 684 g/mol. The fraction of sp³-hybridized carbons (Fsp3) is 0.488. The molecule has 0 unspecified atom stereocenters. The standard InChI is InChI=1S/C22H29F2NO2.C21H27F2NO2/c1-2-3-4-5-6-7-8-9-16-26-20-14-15-21(25-17-20)18-10-12-19(13-11-18)27-22(23)24;1-2-3-4-5-6-7-8-15-25-19-13-14-20(24-16-19)17-9-11-18(12-10-17)26-21(22)23/h10-15,17,22H,2-9,16H2,1H3;9-14,16,21H,2-8,15H2,1H3. The van der Waals surface area contributed by atoms with Crippen LogP contribution >= 0.6 is 0 Å². The van der Waals surface area contributed by atoms with Gasteiger partial charge in [-0.1, -0.05) is 97.3 Å². The second-order valence-corrected chi connectivity index (χ2v) is 12.9. The van der Waals surface area contributed by atoms with Crippen molar-refractivity contribution in [2.75, 3.05) is 13.2 Å². The van der Waals surface area contributed by atoms with E-state index in [9.17, 15) is 17.6 Å². The SMILES string of the molecule is CCCCCCCCCCOc1ccc(-c2ccc(OC(F)F)cc2)nc1.CCCCCCCCCOc1ccc(-c2ccc(OC(F)F)cc2)nc1. The van der Waals surface area contributed by atoms with Crippen LogP contribution in [0.5, 0.6) is 23.0 Å². The molecule has 2 heterocycles. The first-order valence-corrected chi connectivity index (χ1v) is 19.2. The first-order valence-electron chi connectivity index (χ1n) is 19.2. The highest BCUT2D eigenvalue weighted by atomic mass is 19.3. The zero-order valence-corrected chi connectivity index (χ0v) is 31.3. The molecule has 290 valence electrons. The second kappa shape index (κ2) is 26.4. The quantitative estimate of drug-likeness (QED) is 0.0498. The maximum Gasteiger partial charge on any atom is 0.387 e. The fourth-order valence-electron chi connectivity index (χ4n) is 5.56. The number of ether oxygens (including phenoxy) is 4. The molecule has 0 spiro atoms. The van der Waals surface area contributed by atoms with Crippen molar-refractivity contribution >= 4 is 0 Å². The number of pyridine rings is 2. The molecular formula is C43H56F4N2O4. The van der Waals surface area contributed by atoms with E-state index in [1.165, 1.54) is 108 Å². The smallest absolute Gasteiger partial charge is 0.387 e. The molecule has 0 aliphatic rings. The van der Waals surface area contributed by atoms with E-state index in [1.807, 2.05) is 24.3 Å². The molecule has 0 amide bonds. The lowest BCUT2D eigenvalue weighted by Gasteiger charge is -2.08. The summed E-state index contributed by atoms with van der Waals surface area (Å²) < 4.78 is 68.8. The normalized spacial score (nSPS) is 10.9. The highest BCUT2D eigenvalue weighted by Crippen LogP contribution is 2.25. The van der Waals surface area contributed by atoms with E-state index in [-0.39, 0.29) is 11.5 Å². The number of nitrogens with zero attached hydrogens (tertiary/aromatic N) is 2. The summed E-state index contributed by atoms with van der Waals surface area (Å²) in [5, 5.41) is 0. The number of hydrogen-bond acceptors (Lipinski definition) is 6. The summed E-state index contributed by atoms with van der Waals surface area (Å²) in [6, 6.07) is 20.4. The van der Waals surface area contributed by atoms with Crippen LogP contribution in [0, 0.1) is 0 Å². The number of halogens is 4. The summed E-state index contributed by atoms with van der Waals surface area (Å²) in [6.07, 6.45) is 22.3. The van der Waals surface area contributed by atoms with Crippen molar-refractivity contribution in [3.05, 3.63) is 85.2 Å². The van der Waals surface area contributed by atoms with Gasteiger partial charge in [-0.2, -0.15) is 17.6 Å². The molecule has 0 aliphatic carbocycles. The third-order valence-corrected chi connectivity index (χ3v) is 8.51. The molecule has 4 aromatic rings. The molecule has 0 atom stereocenters. The largest absolute Gasteiger partial charge is 0.492 e. The van der Waals surface area contributed by atoms with E-state index in [1.54, 1.807) is 36.7 Å².